The molecule has 0 aromatic carbocycles. The number of hydrogen-bond donors (Lipinski definition) is 1. The van der Waals surface area contributed by atoms with Gasteiger partial charge in [-0.05, 0) is 33.5 Å². The van der Waals surface area contributed by atoms with Gasteiger partial charge in [0.15, 0.2) is 8.32 Å². The van der Waals surface area contributed by atoms with Gasteiger partial charge < -0.3 is 14.5 Å². The number of ether oxygens (including phenoxy) is 1. The van der Waals surface area contributed by atoms with E-state index in [1.54, 1.807) is 0 Å². The van der Waals surface area contributed by atoms with Gasteiger partial charge in [0.1, 0.15) is 0 Å². The Hall–Kier alpha value is 0.0969. The fourth-order valence-electron chi connectivity index (χ4n) is 1.50. The molecule has 0 bridgehead atoms. The van der Waals surface area contributed by atoms with Gasteiger partial charge in [-0.15, -0.1) is 0 Å². The highest BCUT2D eigenvalue weighted by atomic mass is 28.4. The molecule has 1 unspecified atom stereocenters. The summed E-state index contributed by atoms with van der Waals surface area (Å²) in [6, 6.07) is 0. The molecule has 0 amide bonds. The number of nitrogens with one attached hydrogen (secondary N) is 1. The van der Waals surface area contributed by atoms with Crippen molar-refractivity contribution in [1.29, 1.82) is 0 Å². The first-order valence-electron chi connectivity index (χ1n) is 5.31. The van der Waals surface area contributed by atoms with Crippen molar-refractivity contribution in [2.24, 2.45) is 0 Å². The van der Waals surface area contributed by atoms with E-state index >= 15 is 0 Å². The highest BCUT2D eigenvalue weighted by Crippen LogP contribution is 2.16. The topological polar surface area (TPSA) is 30.5 Å². The molecule has 1 fully saturated rings. The van der Waals surface area contributed by atoms with Crippen molar-refractivity contribution in [3.63, 3.8) is 0 Å². The quantitative estimate of drug-likeness (QED) is 0.729. The first-order valence-corrected chi connectivity index (χ1v) is 8.72. The van der Waals surface area contributed by atoms with E-state index in [0.717, 1.165) is 19.7 Å². The zero-order chi connectivity index (χ0) is 10.8. The average molecular weight is 217 g/mol. The second-order valence-corrected chi connectivity index (χ2v) is 10.1. The molecule has 1 aliphatic rings. The van der Waals surface area contributed by atoms with Crippen LogP contribution in [0.3, 0.4) is 0 Å². The van der Waals surface area contributed by atoms with Crippen LogP contribution < -0.4 is 5.32 Å². The minimum atomic E-state index is -1.40. The lowest BCUT2D eigenvalue weighted by Crippen LogP contribution is -2.52. The van der Waals surface area contributed by atoms with Gasteiger partial charge in [0, 0.05) is 13.1 Å². The molecule has 0 radical (unpaired) electrons. The summed E-state index contributed by atoms with van der Waals surface area (Å²) in [5.41, 5.74) is -0.0499. The monoisotopic (exact) mass is 217 g/mol. The van der Waals surface area contributed by atoms with Crippen molar-refractivity contribution >= 4 is 8.32 Å². The number of morpholine rings is 1. The molecule has 1 aliphatic heterocycles. The lowest BCUT2D eigenvalue weighted by molar-refractivity contribution is -0.108. The third-order valence-corrected chi connectivity index (χ3v) is 3.14. The van der Waals surface area contributed by atoms with Gasteiger partial charge in [-0.2, -0.15) is 0 Å². The molecule has 84 valence electrons. The molecule has 3 nitrogen and oxygen atoms in total. The van der Waals surface area contributed by atoms with Gasteiger partial charge in [0.2, 0.25) is 0 Å². The lowest BCUT2D eigenvalue weighted by Gasteiger charge is -2.37. The molecule has 1 rings (SSSR count). The van der Waals surface area contributed by atoms with E-state index < -0.39 is 8.32 Å². The zero-order valence-corrected chi connectivity index (χ0v) is 11.0. The van der Waals surface area contributed by atoms with E-state index in [0.29, 0.717) is 0 Å². The summed E-state index contributed by atoms with van der Waals surface area (Å²) in [7, 11) is -1.40. The maximum Gasteiger partial charge on any atom is 0.183 e. The molecule has 1 N–H and O–H groups in total. The summed E-state index contributed by atoms with van der Waals surface area (Å²) in [4.78, 5) is 0. The van der Waals surface area contributed by atoms with E-state index in [9.17, 15) is 0 Å². The average Bonchev–Trinajstić information content (AvgIpc) is 1.98. The Bertz CT molecular complexity index is 189. The molecule has 1 heterocycles. The van der Waals surface area contributed by atoms with Crippen LogP contribution >= 0.6 is 0 Å². The predicted octanol–water partition coefficient (Wildman–Crippen LogP) is 1.60. The van der Waals surface area contributed by atoms with Crippen molar-refractivity contribution in [3.8, 4) is 0 Å². The Labute approximate surface area is 88.3 Å². The Morgan fingerprint density at radius 1 is 1.43 bits per heavy atom. The zero-order valence-electron chi connectivity index (χ0n) is 10.0. The maximum absolute atomic E-state index is 5.90. The minimum Gasteiger partial charge on any atom is -0.415 e. The van der Waals surface area contributed by atoms with Gasteiger partial charge in [0.05, 0.1) is 18.3 Å². The van der Waals surface area contributed by atoms with Crippen LogP contribution in [0.4, 0.5) is 0 Å². The van der Waals surface area contributed by atoms with Crippen molar-refractivity contribution in [3.05, 3.63) is 0 Å². The highest BCUT2D eigenvalue weighted by molar-refractivity contribution is 6.69. The summed E-state index contributed by atoms with van der Waals surface area (Å²) in [5, 5.41) is 3.37. The molecular weight excluding hydrogens is 194 g/mol. The Balaban J connectivity index is 2.32. The van der Waals surface area contributed by atoms with Gasteiger partial charge in [-0.1, -0.05) is 0 Å². The van der Waals surface area contributed by atoms with Gasteiger partial charge in [0.25, 0.3) is 0 Å². The fourth-order valence-corrected chi connectivity index (χ4v) is 2.19. The van der Waals surface area contributed by atoms with Crippen LogP contribution in [0.5, 0.6) is 0 Å². The molecule has 4 heteroatoms. The standard InChI is InChI=1S/C10H23NO2Si/c1-10(2)8-11-6-9(13-10)7-12-14(3,4)5/h9,11H,6-8H2,1-5H3. The SMILES string of the molecule is CC1(C)CNCC(CO[Si](C)(C)C)O1. The first-order chi connectivity index (χ1) is 6.29. The normalized spacial score (nSPS) is 27.6. The second-order valence-electron chi connectivity index (χ2n) is 5.55. The molecule has 0 aromatic heterocycles. The molecule has 1 atom stereocenters. The van der Waals surface area contributed by atoms with E-state index in [-0.39, 0.29) is 11.7 Å². The Morgan fingerprint density at radius 2 is 2.07 bits per heavy atom. The minimum absolute atomic E-state index is 0.0499. The van der Waals surface area contributed by atoms with Crippen LogP contribution in [-0.4, -0.2) is 39.7 Å². The van der Waals surface area contributed by atoms with Gasteiger partial charge in [-0.25, -0.2) is 0 Å². The summed E-state index contributed by atoms with van der Waals surface area (Å²) in [6.07, 6.45) is 0.213. The van der Waals surface area contributed by atoms with Crippen LogP contribution in [0.25, 0.3) is 0 Å². The van der Waals surface area contributed by atoms with Crippen LogP contribution in [0.15, 0.2) is 0 Å². The Morgan fingerprint density at radius 3 is 2.57 bits per heavy atom. The summed E-state index contributed by atoms with van der Waals surface area (Å²) >= 11 is 0. The molecule has 0 aromatic rings. The van der Waals surface area contributed by atoms with Crippen molar-refractivity contribution in [2.75, 3.05) is 19.7 Å². The van der Waals surface area contributed by atoms with Crippen LogP contribution in [0.2, 0.25) is 19.6 Å². The number of hydrogen-bond acceptors (Lipinski definition) is 3. The lowest BCUT2D eigenvalue weighted by atomic mass is 10.1. The smallest absolute Gasteiger partial charge is 0.183 e. The van der Waals surface area contributed by atoms with Gasteiger partial charge >= 0.3 is 0 Å². The van der Waals surface area contributed by atoms with Gasteiger partial charge in [-0.3, -0.25) is 0 Å². The molecule has 14 heavy (non-hydrogen) atoms. The van der Waals surface area contributed by atoms with E-state index in [4.69, 9.17) is 9.16 Å². The molecular formula is C10H23NO2Si. The van der Waals surface area contributed by atoms with Crippen molar-refractivity contribution < 1.29 is 9.16 Å². The molecule has 0 saturated carbocycles. The molecule has 0 spiro atoms. The Kier molecular flexibility index (Phi) is 3.74. The highest BCUT2D eigenvalue weighted by Gasteiger charge is 2.29. The van der Waals surface area contributed by atoms with Crippen LogP contribution in [0, 0.1) is 0 Å². The van der Waals surface area contributed by atoms with E-state index in [1.807, 2.05) is 0 Å². The summed E-state index contributed by atoms with van der Waals surface area (Å²) in [6.45, 7) is 13.4. The van der Waals surface area contributed by atoms with Crippen LogP contribution in [0.1, 0.15) is 13.8 Å². The predicted molar refractivity (Wildman–Crippen MR) is 61.1 cm³/mol. The van der Waals surface area contributed by atoms with Crippen LogP contribution in [-0.2, 0) is 9.16 Å². The largest absolute Gasteiger partial charge is 0.415 e. The molecule has 1 saturated heterocycles. The molecule has 0 aliphatic carbocycles. The fraction of sp³-hybridized carbons (Fsp3) is 1.00. The van der Waals surface area contributed by atoms with E-state index in [1.165, 1.54) is 0 Å². The summed E-state index contributed by atoms with van der Waals surface area (Å²) in [5.74, 6) is 0. The second kappa shape index (κ2) is 4.31. The maximum atomic E-state index is 5.90. The third kappa shape index (κ3) is 4.55. The van der Waals surface area contributed by atoms with Crippen molar-refractivity contribution in [1.82, 2.24) is 5.32 Å². The number of rotatable bonds is 3. The first kappa shape index (κ1) is 12.2. The summed E-state index contributed by atoms with van der Waals surface area (Å²) < 4.78 is 11.7. The van der Waals surface area contributed by atoms with Crippen molar-refractivity contribution in [2.45, 2.75) is 45.2 Å². The van der Waals surface area contributed by atoms with E-state index in [2.05, 4.69) is 38.8 Å². The third-order valence-electron chi connectivity index (χ3n) is 2.11.